The summed E-state index contributed by atoms with van der Waals surface area (Å²) in [5.41, 5.74) is 0. The Morgan fingerprint density at radius 2 is 2.14 bits per heavy atom. The summed E-state index contributed by atoms with van der Waals surface area (Å²) in [5.74, 6) is 0.535. The first-order valence-corrected chi connectivity index (χ1v) is 4.73. The Balaban J connectivity index is 2.61. The van der Waals surface area contributed by atoms with Gasteiger partial charge in [-0.2, -0.15) is 0 Å². The van der Waals surface area contributed by atoms with Crippen LogP contribution in [0.3, 0.4) is 0 Å². The van der Waals surface area contributed by atoms with E-state index in [1.807, 2.05) is 13.8 Å². The van der Waals surface area contributed by atoms with Crippen molar-refractivity contribution in [3.8, 4) is 0 Å². The summed E-state index contributed by atoms with van der Waals surface area (Å²) in [6, 6.07) is 0. The minimum Gasteiger partial charge on any atom is -0.308 e. The molecular weight excluding hydrogens is 202 g/mol. The van der Waals surface area contributed by atoms with E-state index in [1.165, 1.54) is 12.4 Å². The lowest BCUT2D eigenvalue weighted by molar-refractivity contribution is -0.116. The lowest BCUT2D eigenvalue weighted by Crippen LogP contribution is -2.15. The van der Waals surface area contributed by atoms with Gasteiger partial charge in [0.1, 0.15) is 0 Å². The van der Waals surface area contributed by atoms with Gasteiger partial charge in [-0.3, -0.25) is 4.79 Å². The number of nitrogens with zero attached hydrogens (tertiary/aromatic N) is 2. The Hall–Kier alpha value is -1.16. The maximum Gasteiger partial charge on any atom is 0.225 e. The van der Waals surface area contributed by atoms with E-state index in [4.69, 9.17) is 11.6 Å². The van der Waals surface area contributed by atoms with Crippen LogP contribution in [0.4, 0.5) is 5.82 Å². The second-order valence-electron chi connectivity index (χ2n) is 3.34. The second-order valence-corrected chi connectivity index (χ2v) is 3.70. The molecule has 0 spiro atoms. The van der Waals surface area contributed by atoms with Crippen molar-refractivity contribution < 1.29 is 4.79 Å². The molecule has 0 aliphatic carbocycles. The zero-order valence-corrected chi connectivity index (χ0v) is 8.88. The average Bonchev–Trinajstić information content (AvgIpc) is 2.07. The van der Waals surface area contributed by atoms with Crippen LogP contribution in [0, 0.1) is 5.92 Å². The lowest BCUT2D eigenvalue weighted by atomic mass is 10.1. The van der Waals surface area contributed by atoms with Crippen LogP contribution in [-0.4, -0.2) is 15.9 Å². The van der Waals surface area contributed by atoms with Gasteiger partial charge >= 0.3 is 0 Å². The van der Waals surface area contributed by atoms with Gasteiger partial charge in [0.25, 0.3) is 0 Å². The third-order valence-electron chi connectivity index (χ3n) is 1.51. The summed E-state index contributed by atoms with van der Waals surface area (Å²) >= 11 is 5.72. The molecule has 0 saturated carbocycles. The topological polar surface area (TPSA) is 54.9 Å². The Kier molecular flexibility index (Phi) is 3.83. The summed E-state index contributed by atoms with van der Waals surface area (Å²) in [6.45, 7) is 3.94. The standard InChI is InChI=1S/C9H12ClN3O/c1-6(2)5-7(14)13-9-8(10)11-3-4-12-9/h3-4,6H,5H2,1-2H3,(H,12,13,14). The number of anilines is 1. The monoisotopic (exact) mass is 213 g/mol. The van der Waals surface area contributed by atoms with Crippen LogP contribution in [0.25, 0.3) is 0 Å². The fraction of sp³-hybridized carbons (Fsp3) is 0.444. The van der Waals surface area contributed by atoms with Gasteiger partial charge < -0.3 is 5.32 Å². The number of carbonyl (C=O) groups is 1. The Bertz CT molecular complexity index is 328. The van der Waals surface area contributed by atoms with Crippen molar-refractivity contribution >= 4 is 23.3 Å². The molecule has 1 aromatic heterocycles. The normalized spacial score (nSPS) is 10.3. The van der Waals surface area contributed by atoms with Crippen LogP contribution in [0.2, 0.25) is 5.15 Å². The Labute approximate surface area is 87.7 Å². The minimum atomic E-state index is -0.0950. The number of hydrogen-bond donors (Lipinski definition) is 1. The van der Waals surface area contributed by atoms with Gasteiger partial charge in [-0.1, -0.05) is 25.4 Å². The van der Waals surface area contributed by atoms with Crippen LogP contribution >= 0.6 is 11.6 Å². The molecule has 0 unspecified atom stereocenters. The highest BCUT2D eigenvalue weighted by molar-refractivity contribution is 6.32. The van der Waals surface area contributed by atoms with Crippen molar-refractivity contribution in [3.05, 3.63) is 17.5 Å². The van der Waals surface area contributed by atoms with E-state index < -0.39 is 0 Å². The first-order valence-electron chi connectivity index (χ1n) is 4.36. The molecule has 4 nitrogen and oxygen atoms in total. The van der Waals surface area contributed by atoms with Gasteiger partial charge in [0, 0.05) is 18.8 Å². The smallest absolute Gasteiger partial charge is 0.225 e. The predicted octanol–water partition coefficient (Wildman–Crippen LogP) is 2.11. The highest BCUT2D eigenvalue weighted by Gasteiger charge is 2.08. The maximum atomic E-state index is 11.3. The number of nitrogens with one attached hydrogen (secondary N) is 1. The molecule has 0 fully saturated rings. The van der Waals surface area contributed by atoms with Gasteiger partial charge in [-0.05, 0) is 5.92 Å². The third-order valence-corrected chi connectivity index (χ3v) is 1.78. The Morgan fingerprint density at radius 3 is 2.71 bits per heavy atom. The van der Waals surface area contributed by atoms with Gasteiger partial charge in [0.15, 0.2) is 11.0 Å². The first-order chi connectivity index (χ1) is 6.59. The molecular formula is C9H12ClN3O. The van der Waals surface area contributed by atoms with E-state index in [0.29, 0.717) is 18.2 Å². The molecule has 0 aliphatic heterocycles. The molecule has 0 saturated heterocycles. The lowest BCUT2D eigenvalue weighted by Gasteiger charge is -2.06. The molecule has 0 bridgehead atoms. The van der Waals surface area contributed by atoms with Gasteiger partial charge in [-0.15, -0.1) is 0 Å². The van der Waals surface area contributed by atoms with Crippen LogP contribution in [-0.2, 0) is 4.79 Å². The number of aromatic nitrogens is 2. The average molecular weight is 214 g/mol. The van der Waals surface area contributed by atoms with Gasteiger partial charge in [-0.25, -0.2) is 9.97 Å². The quantitative estimate of drug-likeness (QED) is 0.837. The van der Waals surface area contributed by atoms with Crippen LogP contribution in [0.15, 0.2) is 12.4 Å². The van der Waals surface area contributed by atoms with Crippen molar-refractivity contribution in [2.24, 2.45) is 5.92 Å². The number of carbonyl (C=O) groups excluding carboxylic acids is 1. The van der Waals surface area contributed by atoms with E-state index in [0.717, 1.165) is 0 Å². The molecule has 0 aromatic carbocycles. The molecule has 1 rings (SSSR count). The molecule has 0 atom stereocenters. The van der Waals surface area contributed by atoms with Crippen molar-refractivity contribution in [1.82, 2.24) is 9.97 Å². The van der Waals surface area contributed by atoms with E-state index in [-0.39, 0.29) is 11.1 Å². The number of rotatable bonds is 3. The summed E-state index contributed by atoms with van der Waals surface area (Å²) in [6.07, 6.45) is 3.41. The largest absolute Gasteiger partial charge is 0.308 e. The third kappa shape index (κ3) is 3.30. The van der Waals surface area contributed by atoms with Crippen molar-refractivity contribution in [2.45, 2.75) is 20.3 Å². The van der Waals surface area contributed by atoms with Gasteiger partial charge in [0.2, 0.25) is 5.91 Å². The van der Waals surface area contributed by atoms with E-state index in [9.17, 15) is 4.79 Å². The summed E-state index contributed by atoms with van der Waals surface area (Å²) in [5, 5.41) is 2.81. The molecule has 1 heterocycles. The molecule has 76 valence electrons. The summed E-state index contributed by atoms with van der Waals surface area (Å²) in [7, 11) is 0. The van der Waals surface area contributed by atoms with E-state index >= 15 is 0 Å². The highest BCUT2D eigenvalue weighted by atomic mass is 35.5. The molecule has 1 amide bonds. The van der Waals surface area contributed by atoms with Crippen molar-refractivity contribution in [1.29, 1.82) is 0 Å². The number of halogens is 1. The molecule has 0 aliphatic rings. The summed E-state index contributed by atoms with van der Waals surface area (Å²) < 4.78 is 0. The molecule has 14 heavy (non-hydrogen) atoms. The predicted molar refractivity (Wildman–Crippen MR) is 55.1 cm³/mol. The van der Waals surface area contributed by atoms with Crippen LogP contribution < -0.4 is 5.32 Å². The number of hydrogen-bond acceptors (Lipinski definition) is 3. The molecule has 5 heteroatoms. The zero-order valence-electron chi connectivity index (χ0n) is 8.12. The fourth-order valence-electron chi connectivity index (χ4n) is 0.959. The zero-order chi connectivity index (χ0) is 10.6. The summed E-state index contributed by atoms with van der Waals surface area (Å²) in [4.78, 5) is 19.0. The second kappa shape index (κ2) is 4.91. The molecule has 1 aromatic rings. The first kappa shape index (κ1) is 10.9. The molecule has 0 radical (unpaired) electrons. The van der Waals surface area contributed by atoms with Crippen molar-refractivity contribution in [2.75, 3.05) is 5.32 Å². The maximum absolute atomic E-state index is 11.3. The van der Waals surface area contributed by atoms with Gasteiger partial charge in [0.05, 0.1) is 0 Å². The van der Waals surface area contributed by atoms with E-state index in [2.05, 4.69) is 15.3 Å². The molecule has 1 N–H and O–H groups in total. The minimum absolute atomic E-state index is 0.0950. The van der Waals surface area contributed by atoms with E-state index in [1.54, 1.807) is 0 Å². The fourth-order valence-corrected chi connectivity index (χ4v) is 1.11. The Morgan fingerprint density at radius 1 is 1.50 bits per heavy atom. The van der Waals surface area contributed by atoms with Crippen molar-refractivity contribution in [3.63, 3.8) is 0 Å². The van der Waals surface area contributed by atoms with Crippen LogP contribution in [0.5, 0.6) is 0 Å². The van der Waals surface area contributed by atoms with Crippen LogP contribution in [0.1, 0.15) is 20.3 Å². The highest BCUT2D eigenvalue weighted by Crippen LogP contribution is 2.14. The SMILES string of the molecule is CC(C)CC(=O)Nc1nccnc1Cl. The number of amides is 1.